The minimum atomic E-state index is -0.210. The Labute approximate surface area is 199 Å². The monoisotopic (exact) mass is 472 g/mol. The third-order valence-corrected chi connectivity index (χ3v) is 7.15. The van der Waals surface area contributed by atoms with E-state index in [9.17, 15) is 4.79 Å². The Morgan fingerprint density at radius 2 is 1.91 bits per heavy atom. The number of hydrogen-bond acceptors (Lipinski definition) is 8. The van der Waals surface area contributed by atoms with E-state index in [1.165, 1.54) is 19.3 Å². The van der Waals surface area contributed by atoms with Gasteiger partial charge in [0.05, 0.1) is 39.2 Å². The predicted octanol–water partition coefficient (Wildman–Crippen LogP) is 4.48. The molecule has 1 aliphatic rings. The Kier molecular flexibility index (Phi) is 5.21. The van der Waals surface area contributed by atoms with Gasteiger partial charge in [0.25, 0.3) is 5.56 Å². The maximum Gasteiger partial charge on any atom is 0.261 e. The smallest absolute Gasteiger partial charge is 0.261 e. The van der Waals surface area contributed by atoms with Gasteiger partial charge in [-0.15, -0.1) is 11.3 Å². The van der Waals surface area contributed by atoms with Crippen molar-refractivity contribution < 1.29 is 0 Å². The number of thiophene rings is 1. The first-order chi connectivity index (χ1) is 16.7. The molecule has 1 atom stereocenters. The van der Waals surface area contributed by atoms with Gasteiger partial charge >= 0.3 is 0 Å². The van der Waals surface area contributed by atoms with Gasteiger partial charge in [-0.25, -0.2) is 19.9 Å². The Bertz CT molecular complexity index is 1520. The highest BCUT2D eigenvalue weighted by molar-refractivity contribution is 7.17. The molecule has 1 aliphatic heterocycles. The number of rotatable bonds is 5. The van der Waals surface area contributed by atoms with Gasteiger partial charge < -0.3 is 20.2 Å². The van der Waals surface area contributed by atoms with Crippen molar-refractivity contribution in [2.75, 3.05) is 23.3 Å². The lowest BCUT2D eigenvalue weighted by Crippen LogP contribution is -2.29. The number of anilines is 2. The summed E-state index contributed by atoms with van der Waals surface area (Å²) in [5, 5.41) is 5.45. The van der Waals surface area contributed by atoms with Crippen LogP contribution in [0.3, 0.4) is 0 Å². The van der Waals surface area contributed by atoms with Gasteiger partial charge in [0, 0.05) is 31.5 Å². The lowest BCUT2D eigenvalue weighted by Gasteiger charge is -2.27. The molecule has 0 radical (unpaired) electrons. The molecule has 6 rings (SSSR count). The van der Waals surface area contributed by atoms with E-state index in [1.807, 2.05) is 24.4 Å². The van der Waals surface area contributed by atoms with Gasteiger partial charge in [0.15, 0.2) is 0 Å². The molecule has 0 aliphatic carbocycles. The zero-order valence-electron chi connectivity index (χ0n) is 18.7. The van der Waals surface area contributed by atoms with Crippen LogP contribution in [-0.2, 0) is 0 Å². The number of piperidine rings is 1. The summed E-state index contributed by atoms with van der Waals surface area (Å²) >= 11 is 1.56. The van der Waals surface area contributed by atoms with Crippen LogP contribution in [0.1, 0.15) is 38.1 Å². The number of hydrogen-bond donors (Lipinski definition) is 3. The standard InChI is InChI=1S/C24H24N8OS/c1-14(22-25-7-5-8-26-22)28-20-19(24(33)31-15-6-11-34-21(15)20)23-29-16-12-18(27-13-17(16)30-23)32-9-3-2-4-10-32/h5-8,11-14H,2-4,9-10H2,1H3,(H,29,30)(H2,28,31,33)/t14-/m0/s1. The van der Waals surface area contributed by atoms with Crippen LogP contribution in [0.25, 0.3) is 32.6 Å². The Hall–Kier alpha value is -3.79. The van der Waals surface area contributed by atoms with Crippen molar-refractivity contribution >= 4 is 44.1 Å². The van der Waals surface area contributed by atoms with Crippen LogP contribution >= 0.6 is 11.3 Å². The molecule has 9 nitrogen and oxygen atoms in total. The van der Waals surface area contributed by atoms with Crippen LogP contribution in [0.15, 0.2) is 47.0 Å². The third kappa shape index (κ3) is 3.69. The zero-order chi connectivity index (χ0) is 23.1. The van der Waals surface area contributed by atoms with Crippen molar-refractivity contribution in [2.45, 2.75) is 32.2 Å². The van der Waals surface area contributed by atoms with Gasteiger partial charge in [-0.1, -0.05) is 0 Å². The highest BCUT2D eigenvalue weighted by Crippen LogP contribution is 2.36. The fourth-order valence-corrected chi connectivity index (χ4v) is 5.37. The fraction of sp³-hybridized carbons (Fsp3) is 0.292. The molecule has 1 fully saturated rings. The Balaban J connectivity index is 1.45. The molecule has 0 amide bonds. The second kappa shape index (κ2) is 8.53. The lowest BCUT2D eigenvalue weighted by atomic mass is 10.1. The van der Waals surface area contributed by atoms with Crippen LogP contribution in [0.2, 0.25) is 0 Å². The summed E-state index contributed by atoms with van der Waals surface area (Å²) < 4.78 is 0.949. The van der Waals surface area contributed by atoms with E-state index in [0.717, 1.165) is 45.8 Å². The second-order valence-electron chi connectivity index (χ2n) is 8.53. The molecule has 34 heavy (non-hydrogen) atoms. The molecule has 0 spiro atoms. The largest absolute Gasteiger partial charge is 0.373 e. The number of nitrogens with zero attached hydrogens (tertiary/aromatic N) is 5. The van der Waals surface area contributed by atoms with E-state index in [-0.39, 0.29) is 11.6 Å². The van der Waals surface area contributed by atoms with E-state index in [0.29, 0.717) is 17.2 Å². The third-order valence-electron chi connectivity index (χ3n) is 6.22. The van der Waals surface area contributed by atoms with E-state index in [2.05, 4.69) is 35.1 Å². The van der Waals surface area contributed by atoms with E-state index in [1.54, 1.807) is 36.0 Å². The fourth-order valence-electron chi connectivity index (χ4n) is 4.51. The summed E-state index contributed by atoms with van der Waals surface area (Å²) in [5.41, 5.74) is 3.35. The topological polar surface area (TPSA) is 115 Å². The normalized spacial score (nSPS) is 15.1. The van der Waals surface area contributed by atoms with Crippen LogP contribution in [0, 0.1) is 0 Å². The summed E-state index contributed by atoms with van der Waals surface area (Å²) in [6, 6.07) is 5.50. The predicted molar refractivity (Wildman–Crippen MR) is 135 cm³/mol. The van der Waals surface area contributed by atoms with Gasteiger partial charge in [-0.05, 0) is 43.7 Å². The van der Waals surface area contributed by atoms with Crippen LogP contribution in [0.4, 0.5) is 11.5 Å². The van der Waals surface area contributed by atoms with Gasteiger partial charge in [0.1, 0.15) is 23.0 Å². The molecule has 6 heterocycles. The molecule has 0 unspecified atom stereocenters. The van der Waals surface area contributed by atoms with E-state index in [4.69, 9.17) is 4.98 Å². The van der Waals surface area contributed by atoms with Crippen LogP contribution in [0.5, 0.6) is 0 Å². The number of fused-ring (bicyclic) bond motifs is 2. The quantitative estimate of drug-likeness (QED) is 0.345. The average Bonchev–Trinajstić information content (AvgIpc) is 3.51. The number of H-pyrrole nitrogens is 2. The summed E-state index contributed by atoms with van der Waals surface area (Å²) in [6.07, 6.45) is 8.86. The molecule has 0 aromatic carbocycles. The maximum atomic E-state index is 13.3. The van der Waals surface area contributed by atoms with Crippen molar-refractivity contribution in [1.82, 2.24) is 29.9 Å². The highest BCUT2D eigenvalue weighted by Gasteiger charge is 2.22. The molecule has 3 N–H and O–H groups in total. The first-order valence-corrected chi connectivity index (χ1v) is 12.3. The number of imidazole rings is 1. The Morgan fingerprint density at radius 1 is 1.09 bits per heavy atom. The molecule has 10 heteroatoms. The minimum absolute atomic E-state index is 0.205. The number of pyridine rings is 2. The molecular formula is C24H24N8OS. The lowest BCUT2D eigenvalue weighted by molar-refractivity contribution is 0.574. The van der Waals surface area contributed by atoms with Gasteiger partial charge in [-0.2, -0.15) is 0 Å². The number of aromatic nitrogens is 6. The summed E-state index contributed by atoms with van der Waals surface area (Å²) in [4.78, 5) is 40.1. The van der Waals surface area contributed by atoms with Crippen molar-refractivity contribution in [3.8, 4) is 11.4 Å². The average molecular weight is 473 g/mol. The molecule has 5 aromatic rings. The number of aromatic amines is 2. The SMILES string of the molecule is C[C@H](Nc1c(-c2nc3cc(N4CCCCC4)ncc3[nH]2)c(=O)[nH]c2ccsc12)c1ncccn1. The van der Waals surface area contributed by atoms with E-state index >= 15 is 0 Å². The van der Waals surface area contributed by atoms with Crippen LogP contribution < -0.4 is 15.8 Å². The second-order valence-corrected chi connectivity index (χ2v) is 9.45. The van der Waals surface area contributed by atoms with Crippen molar-refractivity contribution in [3.63, 3.8) is 0 Å². The van der Waals surface area contributed by atoms with Crippen molar-refractivity contribution in [1.29, 1.82) is 0 Å². The Morgan fingerprint density at radius 3 is 2.74 bits per heavy atom. The van der Waals surface area contributed by atoms with Gasteiger partial charge in [0.2, 0.25) is 0 Å². The van der Waals surface area contributed by atoms with E-state index < -0.39 is 0 Å². The first kappa shape index (κ1) is 20.8. The summed E-state index contributed by atoms with van der Waals surface area (Å²) in [5.74, 6) is 2.09. The molecule has 1 saturated heterocycles. The van der Waals surface area contributed by atoms with Crippen molar-refractivity contribution in [2.24, 2.45) is 0 Å². The van der Waals surface area contributed by atoms with Crippen LogP contribution in [-0.4, -0.2) is 43.0 Å². The molecule has 0 saturated carbocycles. The van der Waals surface area contributed by atoms with Gasteiger partial charge in [-0.3, -0.25) is 4.79 Å². The molecule has 0 bridgehead atoms. The molecular weight excluding hydrogens is 448 g/mol. The summed E-state index contributed by atoms with van der Waals surface area (Å²) in [7, 11) is 0. The molecule has 5 aromatic heterocycles. The summed E-state index contributed by atoms with van der Waals surface area (Å²) in [6.45, 7) is 4.00. The van der Waals surface area contributed by atoms with Crippen molar-refractivity contribution in [3.05, 3.63) is 58.3 Å². The zero-order valence-corrected chi connectivity index (χ0v) is 19.5. The maximum absolute atomic E-state index is 13.3. The number of nitrogens with one attached hydrogen (secondary N) is 3. The highest BCUT2D eigenvalue weighted by atomic mass is 32.1. The molecule has 172 valence electrons. The minimum Gasteiger partial charge on any atom is -0.373 e. The first-order valence-electron chi connectivity index (χ1n) is 11.5.